The molecule has 0 spiro atoms. The topological polar surface area (TPSA) is 51.2 Å². The number of halogens is 1. The Balaban J connectivity index is 2.46. The third kappa shape index (κ3) is 4.18. The molecule has 88 valence electrons. The highest BCUT2D eigenvalue weighted by Gasteiger charge is 2.04. The van der Waals surface area contributed by atoms with E-state index in [1.807, 2.05) is 13.8 Å². The number of aryl methyl sites for hydroxylation is 1. The molecule has 5 heteroatoms. The molecule has 0 radical (unpaired) electrons. The molecule has 1 rings (SSSR count). The third-order valence-electron chi connectivity index (χ3n) is 2.01. The number of ether oxygens (including phenoxy) is 1. The average Bonchev–Trinajstić information content (AvgIpc) is 2.24. The summed E-state index contributed by atoms with van der Waals surface area (Å²) in [6, 6.07) is 1.78. The third-order valence-corrected chi connectivity index (χ3v) is 2.84. The van der Waals surface area contributed by atoms with Gasteiger partial charge in [0.2, 0.25) is 0 Å². The van der Waals surface area contributed by atoms with Crippen molar-refractivity contribution < 1.29 is 9.53 Å². The predicted octanol–water partition coefficient (Wildman–Crippen LogP) is 3.50. The summed E-state index contributed by atoms with van der Waals surface area (Å²) >= 11 is 3.34. The highest BCUT2D eigenvalue weighted by Crippen LogP contribution is 2.17. The second-order valence-electron chi connectivity index (χ2n) is 3.43. The van der Waals surface area contributed by atoms with Gasteiger partial charge < -0.3 is 4.74 Å². The quantitative estimate of drug-likeness (QED) is 0.862. The number of aromatic nitrogens is 1. The molecule has 0 fully saturated rings. The van der Waals surface area contributed by atoms with Crippen LogP contribution in [-0.2, 0) is 4.74 Å². The zero-order valence-electron chi connectivity index (χ0n) is 9.42. The van der Waals surface area contributed by atoms with Crippen molar-refractivity contribution in [2.75, 3.05) is 11.9 Å². The van der Waals surface area contributed by atoms with Gasteiger partial charge in [0.05, 0.1) is 6.61 Å². The monoisotopic (exact) mass is 286 g/mol. The summed E-state index contributed by atoms with van der Waals surface area (Å²) in [7, 11) is 0. The van der Waals surface area contributed by atoms with Gasteiger partial charge in [0, 0.05) is 10.7 Å². The van der Waals surface area contributed by atoms with E-state index in [1.54, 1.807) is 12.3 Å². The summed E-state index contributed by atoms with van der Waals surface area (Å²) < 4.78 is 5.87. The van der Waals surface area contributed by atoms with Crippen molar-refractivity contribution >= 4 is 27.8 Å². The molecule has 16 heavy (non-hydrogen) atoms. The van der Waals surface area contributed by atoms with Crippen LogP contribution in [0.5, 0.6) is 0 Å². The van der Waals surface area contributed by atoms with Gasteiger partial charge in [-0.1, -0.05) is 13.3 Å². The molecule has 1 heterocycles. The van der Waals surface area contributed by atoms with E-state index in [-0.39, 0.29) is 0 Å². The minimum absolute atomic E-state index is 0.442. The highest BCUT2D eigenvalue weighted by atomic mass is 79.9. The van der Waals surface area contributed by atoms with Gasteiger partial charge in [0.1, 0.15) is 5.82 Å². The maximum atomic E-state index is 11.3. The number of carbonyl (C=O) groups excluding carboxylic acids is 1. The van der Waals surface area contributed by atoms with E-state index in [2.05, 4.69) is 26.2 Å². The van der Waals surface area contributed by atoms with Crippen molar-refractivity contribution in [1.29, 1.82) is 0 Å². The van der Waals surface area contributed by atoms with Crippen LogP contribution in [0.4, 0.5) is 10.6 Å². The fraction of sp³-hybridized carbons (Fsp3) is 0.455. The van der Waals surface area contributed by atoms with E-state index >= 15 is 0 Å². The van der Waals surface area contributed by atoms with Crippen LogP contribution in [0.2, 0.25) is 0 Å². The zero-order chi connectivity index (χ0) is 12.0. The maximum absolute atomic E-state index is 11.3. The molecule has 1 amide bonds. The van der Waals surface area contributed by atoms with Crippen molar-refractivity contribution in [3.8, 4) is 0 Å². The summed E-state index contributed by atoms with van der Waals surface area (Å²) in [4.78, 5) is 15.3. The van der Waals surface area contributed by atoms with Gasteiger partial charge in [-0.05, 0) is 40.9 Å². The molecule has 1 aromatic heterocycles. The van der Waals surface area contributed by atoms with Crippen LogP contribution in [0, 0.1) is 6.92 Å². The van der Waals surface area contributed by atoms with Crippen molar-refractivity contribution in [3.63, 3.8) is 0 Å². The van der Waals surface area contributed by atoms with Gasteiger partial charge in [0.15, 0.2) is 0 Å². The lowest BCUT2D eigenvalue weighted by atomic mass is 10.3. The number of carbonyl (C=O) groups is 1. The average molecular weight is 287 g/mol. The van der Waals surface area contributed by atoms with Crippen LogP contribution in [0.3, 0.4) is 0 Å². The van der Waals surface area contributed by atoms with E-state index < -0.39 is 6.09 Å². The first-order chi connectivity index (χ1) is 7.63. The van der Waals surface area contributed by atoms with Crippen LogP contribution in [0.25, 0.3) is 0 Å². The Morgan fingerprint density at radius 3 is 3.00 bits per heavy atom. The number of nitrogens with one attached hydrogen (secondary N) is 1. The summed E-state index contributed by atoms with van der Waals surface area (Å²) in [5.74, 6) is 0.502. The van der Waals surface area contributed by atoms with Crippen molar-refractivity contribution in [1.82, 2.24) is 4.98 Å². The number of amides is 1. The van der Waals surface area contributed by atoms with Gasteiger partial charge in [-0.3, -0.25) is 5.32 Å². The van der Waals surface area contributed by atoms with Crippen LogP contribution in [0.1, 0.15) is 25.3 Å². The molecule has 4 nitrogen and oxygen atoms in total. The lowest BCUT2D eigenvalue weighted by molar-refractivity contribution is 0.160. The van der Waals surface area contributed by atoms with E-state index in [0.717, 1.165) is 22.9 Å². The van der Waals surface area contributed by atoms with E-state index in [4.69, 9.17) is 4.74 Å². The Kier molecular flexibility index (Phi) is 5.25. The second kappa shape index (κ2) is 6.48. The molecular weight excluding hydrogens is 272 g/mol. The Bertz CT molecular complexity index is 369. The molecule has 0 aromatic carbocycles. The summed E-state index contributed by atoms with van der Waals surface area (Å²) in [5.41, 5.74) is 1.01. The molecule has 0 aliphatic carbocycles. The Morgan fingerprint density at radius 1 is 1.62 bits per heavy atom. The zero-order valence-corrected chi connectivity index (χ0v) is 11.0. The van der Waals surface area contributed by atoms with E-state index in [1.165, 1.54) is 0 Å². The predicted molar refractivity (Wildman–Crippen MR) is 66.6 cm³/mol. The standard InChI is InChI=1S/C11H15BrN2O2/c1-3-4-5-16-11(15)14-10-6-8(2)9(12)7-13-10/h6-7H,3-5H2,1-2H3,(H,13,14,15). The van der Waals surface area contributed by atoms with Crippen molar-refractivity contribution in [2.24, 2.45) is 0 Å². The van der Waals surface area contributed by atoms with Gasteiger partial charge in [-0.15, -0.1) is 0 Å². The van der Waals surface area contributed by atoms with E-state index in [9.17, 15) is 4.79 Å². The lowest BCUT2D eigenvalue weighted by Gasteiger charge is -2.06. The molecule has 0 saturated heterocycles. The van der Waals surface area contributed by atoms with Crippen LogP contribution < -0.4 is 5.32 Å². The largest absolute Gasteiger partial charge is 0.449 e. The SMILES string of the molecule is CCCCOC(=O)Nc1cc(C)c(Br)cn1. The number of anilines is 1. The van der Waals surface area contributed by atoms with Crippen LogP contribution >= 0.6 is 15.9 Å². The number of unbranched alkanes of at least 4 members (excludes halogenated alkanes) is 1. The first-order valence-corrected chi connectivity index (χ1v) is 5.98. The fourth-order valence-corrected chi connectivity index (χ4v) is 1.27. The molecule has 0 bridgehead atoms. The number of rotatable bonds is 4. The van der Waals surface area contributed by atoms with E-state index in [0.29, 0.717) is 12.4 Å². The molecule has 0 aliphatic rings. The molecule has 1 aromatic rings. The first kappa shape index (κ1) is 13.0. The number of hydrogen-bond acceptors (Lipinski definition) is 3. The number of hydrogen-bond donors (Lipinski definition) is 1. The van der Waals surface area contributed by atoms with Gasteiger partial charge in [-0.2, -0.15) is 0 Å². The molecule has 0 atom stereocenters. The fourth-order valence-electron chi connectivity index (χ4n) is 1.06. The Morgan fingerprint density at radius 2 is 2.38 bits per heavy atom. The first-order valence-electron chi connectivity index (χ1n) is 5.19. The summed E-state index contributed by atoms with van der Waals surface area (Å²) in [5, 5.41) is 2.58. The molecule has 0 aliphatic heterocycles. The second-order valence-corrected chi connectivity index (χ2v) is 4.29. The van der Waals surface area contributed by atoms with Crippen LogP contribution in [0.15, 0.2) is 16.7 Å². The normalized spacial score (nSPS) is 9.94. The lowest BCUT2D eigenvalue weighted by Crippen LogP contribution is -2.15. The smallest absolute Gasteiger partial charge is 0.412 e. The van der Waals surface area contributed by atoms with Gasteiger partial charge >= 0.3 is 6.09 Å². The maximum Gasteiger partial charge on any atom is 0.412 e. The number of pyridine rings is 1. The molecular formula is C11H15BrN2O2. The van der Waals surface area contributed by atoms with Gasteiger partial charge in [0.25, 0.3) is 0 Å². The molecule has 1 N–H and O–H groups in total. The minimum Gasteiger partial charge on any atom is -0.449 e. The molecule has 0 unspecified atom stereocenters. The Hall–Kier alpha value is -1.10. The summed E-state index contributed by atoms with van der Waals surface area (Å²) in [6.07, 6.45) is 3.07. The minimum atomic E-state index is -0.456. The molecule has 0 saturated carbocycles. The van der Waals surface area contributed by atoms with Crippen LogP contribution in [-0.4, -0.2) is 17.7 Å². The van der Waals surface area contributed by atoms with Gasteiger partial charge in [-0.25, -0.2) is 9.78 Å². The number of nitrogens with zero attached hydrogens (tertiary/aromatic N) is 1. The van der Waals surface area contributed by atoms with Crippen molar-refractivity contribution in [3.05, 3.63) is 22.3 Å². The van der Waals surface area contributed by atoms with Crippen molar-refractivity contribution in [2.45, 2.75) is 26.7 Å². The Labute approximate surface area is 104 Å². The summed E-state index contributed by atoms with van der Waals surface area (Å²) in [6.45, 7) is 4.41. The highest BCUT2D eigenvalue weighted by molar-refractivity contribution is 9.10.